The molecule has 1 aliphatic carbocycles. The average Bonchev–Trinajstić information content (AvgIpc) is 2.37. The van der Waals surface area contributed by atoms with Crippen LogP contribution in [0.15, 0.2) is 0 Å². The van der Waals surface area contributed by atoms with Crippen LogP contribution in [0.1, 0.15) is 59.3 Å². The van der Waals surface area contributed by atoms with Gasteiger partial charge in [0.25, 0.3) is 0 Å². The molecule has 1 aliphatic heterocycles. The van der Waals surface area contributed by atoms with E-state index in [-0.39, 0.29) is 6.09 Å². The van der Waals surface area contributed by atoms with Crippen LogP contribution in [0, 0.1) is 11.8 Å². The highest BCUT2D eigenvalue weighted by Crippen LogP contribution is 2.35. The molecule has 20 heavy (non-hydrogen) atoms. The maximum Gasteiger partial charge on any atom is 0.410 e. The number of hydrogen-bond acceptors (Lipinski definition) is 3. The Morgan fingerprint density at radius 3 is 2.30 bits per heavy atom. The Kier molecular flexibility index (Phi) is 4.95. The summed E-state index contributed by atoms with van der Waals surface area (Å²) in [5, 5.41) is 0. The van der Waals surface area contributed by atoms with E-state index in [2.05, 4.69) is 0 Å². The van der Waals surface area contributed by atoms with Crippen LogP contribution in [0.5, 0.6) is 0 Å². The largest absolute Gasteiger partial charge is 0.444 e. The zero-order valence-electron chi connectivity index (χ0n) is 13.2. The average molecular weight is 282 g/mol. The van der Waals surface area contributed by atoms with Crippen molar-refractivity contribution in [2.24, 2.45) is 17.6 Å². The topological polar surface area (TPSA) is 55.6 Å². The Bertz CT molecular complexity index is 330. The number of amides is 1. The van der Waals surface area contributed by atoms with Gasteiger partial charge in [-0.3, -0.25) is 0 Å². The van der Waals surface area contributed by atoms with Crippen molar-refractivity contribution in [3.63, 3.8) is 0 Å². The van der Waals surface area contributed by atoms with E-state index in [9.17, 15) is 4.79 Å². The van der Waals surface area contributed by atoms with Gasteiger partial charge in [0, 0.05) is 19.1 Å². The maximum absolute atomic E-state index is 12.0. The predicted octanol–water partition coefficient (Wildman–Crippen LogP) is 3.15. The van der Waals surface area contributed by atoms with Gasteiger partial charge in [-0.25, -0.2) is 4.79 Å². The van der Waals surface area contributed by atoms with Crippen molar-refractivity contribution < 1.29 is 9.53 Å². The second-order valence-electron chi connectivity index (χ2n) is 7.49. The molecule has 2 N–H and O–H groups in total. The second kappa shape index (κ2) is 6.33. The second-order valence-corrected chi connectivity index (χ2v) is 7.49. The van der Waals surface area contributed by atoms with Crippen LogP contribution in [0.4, 0.5) is 4.79 Å². The highest BCUT2D eigenvalue weighted by Gasteiger charge is 2.32. The summed E-state index contributed by atoms with van der Waals surface area (Å²) in [7, 11) is 0. The van der Waals surface area contributed by atoms with E-state index >= 15 is 0 Å². The molecule has 4 heteroatoms. The molecule has 0 bridgehead atoms. The molecule has 1 saturated carbocycles. The minimum atomic E-state index is -0.399. The maximum atomic E-state index is 12.0. The molecule has 1 saturated heterocycles. The summed E-state index contributed by atoms with van der Waals surface area (Å²) < 4.78 is 5.44. The number of carbonyl (C=O) groups excluding carboxylic acids is 1. The summed E-state index contributed by atoms with van der Waals surface area (Å²) in [5.74, 6) is 1.53. The minimum Gasteiger partial charge on any atom is -0.444 e. The third kappa shape index (κ3) is 4.37. The zero-order chi connectivity index (χ0) is 14.8. The Balaban J connectivity index is 1.78. The monoisotopic (exact) mass is 282 g/mol. The molecule has 0 aromatic heterocycles. The van der Waals surface area contributed by atoms with E-state index in [1.165, 1.54) is 25.7 Å². The van der Waals surface area contributed by atoms with Crippen molar-refractivity contribution in [1.82, 2.24) is 4.90 Å². The van der Waals surface area contributed by atoms with Crippen molar-refractivity contribution in [3.8, 4) is 0 Å². The van der Waals surface area contributed by atoms with E-state index in [1.807, 2.05) is 25.7 Å². The first-order chi connectivity index (χ1) is 9.35. The van der Waals surface area contributed by atoms with Crippen LogP contribution in [0.3, 0.4) is 0 Å². The third-order valence-electron chi connectivity index (χ3n) is 4.61. The quantitative estimate of drug-likeness (QED) is 0.803. The van der Waals surface area contributed by atoms with Crippen LogP contribution in [0.25, 0.3) is 0 Å². The van der Waals surface area contributed by atoms with Gasteiger partial charge in [-0.05, 0) is 58.3 Å². The minimum absolute atomic E-state index is 0.156. The smallest absolute Gasteiger partial charge is 0.410 e. The molecule has 0 aromatic rings. The van der Waals surface area contributed by atoms with E-state index < -0.39 is 5.60 Å². The van der Waals surface area contributed by atoms with E-state index in [0.717, 1.165) is 37.8 Å². The van der Waals surface area contributed by atoms with E-state index in [4.69, 9.17) is 10.5 Å². The fourth-order valence-corrected chi connectivity index (χ4v) is 3.57. The normalized spacial score (nSPS) is 29.3. The van der Waals surface area contributed by atoms with Gasteiger partial charge in [0.05, 0.1) is 0 Å². The van der Waals surface area contributed by atoms with Crippen LogP contribution < -0.4 is 5.73 Å². The Morgan fingerprint density at radius 1 is 1.10 bits per heavy atom. The summed E-state index contributed by atoms with van der Waals surface area (Å²) in [6.07, 6.45) is 7.02. The lowest BCUT2D eigenvalue weighted by Gasteiger charge is -2.39. The van der Waals surface area contributed by atoms with Crippen molar-refractivity contribution in [1.29, 1.82) is 0 Å². The first kappa shape index (κ1) is 15.6. The number of ether oxygens (including phenoxy) is 1. The molecule has 4 nitrogen and oxygen atoms in total. The van der Waals surface area contributed by atoms with Gasteiger partial charge in [-0.1, -0.05) is 12.8 Å². The number of rotatable bonds is 1. The number of piperidine rings is 1. The van der Waals surface area contributed by atoms with Gasteiger partial charge in [0.15, 0.2) is 0 Å². The summed E-state index contributed by atoms with van der Waals surface area (Å²) in [6.45, 7) is 7.43. The molecular formula is C16H30N2O2. The molecular weight excluding hydrogens is 252 g/mol. The summed E-state index contributed by atoms with van der Waals surface area (Å²) in [6, 6.07) is 0.401. The zero-order valence-corrected chi connectivity index (χ0v) is 13.2. The fourth-order valence-electron chi connectivity index (χ4n) is 3.57. The molecule has 2 atom stereocenters. The number of nitrogens with zero attached hydrogens (tertiary/aromatic N) is 1. The van der Waals surface area contributed by atoms with Crippen LogP contribution in [-0.4, -0.2) is 35.7 Å². The third-order valence-corrected chi connectivity index (χ3v) is 4.61. The number of carbonyl (C=O) groups is 1. The van der Waals surface area contributed by atoms with Crippen molar-refractivity contribution in [3.05, 3.63) is 0 Å². The number of likely N-dealkylation sites (tertiary alicyclic amines) is 1. The van der Waals surface area contributed by atoms with Crippen molar-refractivity contribution in [2.75, 3.05) is 13.1 Å². The summed E-state index contributed by atoms with van der Waals surface area (Å²) >= 11 is 0. The standard InChI is InChI=1S/C16H30N2O2/c1-16(2,3)20-15(19)18-9-7-12(8-10-18)13-5-4-6-14(17)11-13/h12-14H,4-11,17H2,1-3H3/t13-,14+/m0/s1. The van der Waals surface area contributed by atoms with E-state index in [0.29, 0.717) is 6.04 Å². The summed E-state index contributed by atoms with van der Waals surface area (Å²) in [5.41, 5.74) is 5.69. The van der Waals surface area contributed by atoms with Crippen LogP contribution in [-0.2, 0) is 4.74 Å². The highest BCUT2D eigenvalue weighted by atomic mass is 16.6. The molecule has 1 amide bonds. The Labute approximate surface area is 123 Å². The SMILES string of the molecule is CC(C)(C)OC(=O)N1CCC([C@H]2CCC[C@@H](N)C2)CC1. The van der Waals surface area contributed by atoms with Crippen molar-refractivity contribution >= 4 is 6.09 Å². The Hall–Kier alpha value is -0.770. The predicted molar refractivity (Wildman–Crippen MR) is 80.5 cm³/mol. The van der Waals surface area contributed by atoms with Gasteiger partial charge in [-0.2, -0.15) is 0 Å². The van der Waals surface area contributed by atoms with Crippen molar-refractivity contribution in [2.45, 2.75) is 70.9 Å². The molecule has 2 aliphatic rings. The molecule has 2 rings (SSSR count). The lowest BCUT2D eigenvalue weighted by atomic mass is 9.74. The van der Waals surface area contributed by atoms with E-state index in [1.54, 1.807) is 0 Å². The first-order valence-electron chi connectivity index (χ1n) is 8.08. The van der Waals surface area contributed by atoms with Gasteiger partial charge in [0.2, 0.25) is 0 Å². The lowest BCUT2D eigenvalue weighted by Crippen LogP contribution is -2.43. The van der Waals surface area contributed by atoms with Gasteiger partial charge in [-0.15, -0.1) is 0 Å². The van der Waals surface area contributed by atoms with Gasteiger partial charge >= 0.3 is 6.09 Å². The first-order valence-corrected chi connectivity index (χ1v) is 8.08. The molecule has 0 radical (unpaired) electrons. The molecule has 0 spiro atoms. The van der Waals surface area contributed by atoms with Crippen LogP contribution in [0.2, 0.25) is 0 Å². The highest BCUT2D eigenvalue weighted by molar-refractivity contribution is 5.68. The fraction of sp³-hybridized carbons (Fsp3) is 0.938. The molecule has 116 valence electrons. The molecule has 1 heterocycles. The Morgan fingerprint density at radius 2 is 1.75 bits per heavy atom. The lowest BCUT2D eigenvalue weighted by molar-refractivity contribution is 0.0146. The van der Waals surface area contributed by atoms with Gasteiger partial charge < -0.3 is 15.4 Å². The summed E-state index contributed by atoms with van der Waals surface area (Å²) in [4.78, 5) is 13.9. The van der Waals surface area contributed by atoms with Crippen LogP contribution >= 0.6 is 0 Å². The number of hydrogen-bond donors (Lipinski definition) is 1. The van der Waals surface area contributed by atoms with Gasteiger partial charge in [0.1, 0.15) is 5.60 Å². The molecule has 0 aromatic carbocycles. The molecule has 0 unspecified atom stereocenters. The molecule has 2 fully saturated rings. The number of nitrogens with two attached hydrogens (primary N) is 1.